The van der Waals surface area contributed by atoms with Crippen molar-refractivity contribution in [2.24, 2.45) is 5.92 Å². The number of allylic oxidation sites excluding steroid dienone is 1. The number of ether oxygens (including phenoxy) is 1. The lowest BCUT2D eigenvalue weighted by Gasteiger charge is -2.14. The molecule has 0 aliphatic rings. The summed E-state index contributed by atoms with van der Waals surface area (Å²) in [7, 11) is 2.60. The third kappa shape index (κ3) is 8.69. The molecule has 1 unspecified atom stereocenters. The van der Waals surface area contributed by atoms with Crippen LogP contribution in [0.15, 0.2) is 24.4 Å². The van der Waals surface area contributed by atoms with Crippen LogP contribution in [0.5, 0.6) is 0 Å². The second-order valence-corrected chi connectivity index (χ2v) is 4.98. The van der Waals surface area contributed by atoms with Crippen molar-refractivity contribution in [1.29, 1.82) is 0 Å². The Balaban J connectivity index is 4.34. The summed E-state index contributed by atoms with van der Waals surface area (Å²) in [5, 5.41) is 13.6. The van der Waals surface area contributed by atoms with Crippen molar-refractivity contribution in [3.05, 3.63) is 24.4 Å². The van der Waals surface area contributed by atoms with Gasteiger partial charge in [0, 0.05) is 18.8 Å². The zero-order valence-corrected chi connectivity index (χ0v) is 14.0. The van der Waals surface area contributed by atoms with Crippen molar-refractivity contribution in [2.75, 3.05) is 33.9 Å². The molecule has 9 heteroatoms. The Morgan fingerprint density at radius 2 is 1.92 bits per heavy atom. The quantitative estimate of drug-likeness (QED) is 0.268. The SMILES string of the molecule is C=C(/C=C/C(=O)N(C)CC(=O)NCC(=O)OC)NC(=O)C(C)CO. The van der Waals surface area contributed by atoms with Crippen LogP contribution in [0.4, 0.5) is 0 Å². The highest BCUT2D eigenvalue weighted by molar-refractivity contribution is 5.92. The second kappa shape index (κ2) is 10.9. The highest BCUT2D eigenvalue weighted by Gasteiger charge is 2.13. The molecule has 1 atom stereocenters. The predicted molar refractivity (Wildman–Crippen MR) is 85.3 cm³/mol. The van der Waals surface area contributed by atoms with Gasteiger partial charge in [0.25, 0.3) is 0 Å². The van der Waals surface area contributed by atoms with Gasteiger partial charge in [0.05, 0.1) is 26.2 Å². The Morgan fingerprint density at radius 3 is 2.46 bits per heavy atom. The number of aliphatic hydroxyl groups excluding tert-OH is 1. The van der Waals surface area contributed by atoms with Gasteiger partial charge in [-0.2, -0.15) is 0 Å². The minimum absolute atomic E-state index is 0.178. The number of hydrogen-bond donors (Lipinski definition) is 3. The normalized spacial score (nSPS) is 11.5. The average Bonchev–Trinajstić information content (AvgIpc) is 2.56. The van der Waals surface area contributed by atoms with Crippen LogP contribution in [0.1, 0.15) is 6.92 Å². The summed E-state index contributed by atoms with van der Waals surface area (Å²) in [6.07, 6.45) is 2.42. The van der Waals surface area contributed by atoms with Crippen molar-refractivity contribution in [2.45, 2.75) is 6.92 Å². The number of carbonyl (C=O) groups is 4. The number of likely N-dealkylation sites (N-methyl/N-ethyl adjacent to an activating group) is 1. The van der Waals surface area contributed by atoms with Crippen LogP contribution in [-0.4, -0.2) is 67.6 Å². The Bertz CT molecular complexity index is 529. The van der Waals surface area contributed by atoms with Gasteiger partial charge in [-0.25, -0.2) is 0 Å². The molecule has 0 aromatic rings. The highest BCUT2D eigenvalue weighted by atomic mass is 16.5. The molecule has 3 amide bonds. The van der Waals surface area contributed by atoms with Crippen molar-refractivity contribution in [1.82, 2.24) is 15.5 Å². The van der Waals surface area contributed by atoms with Gasteiger partial charge in [-0.3, -0.25) is 19.2 Å². The third-order valence-electron chi connectivity index (χ3n) is 2.85. The Kier molecular flexibility index (Phi) is 9.73. The van der Waals surface area contributed by atoms with E-state index in [4.69, 9.17) is 5.11 Å². The van der Waals surface area contributed by atoms with Gasteiger partial charge in [-0.15, -0.1) is 0 Å². The van der Waals surface area contributed by atoms with Crippen LogP contribution in [0.2, 0.25) is 0 Å². The molecule has 134 valence electrons. The van der Waals surface area contributed by atoms with E-state index in [1.54, 1.807) is 0 Å². The van der Waals surface area contributed by atoms with Crippen LogP contribution < -0.4 is 10.6 Å². The maximum atomic E-state index is 11.8. The van der Waals surface area contributed by atoms with E-state index in [1.165, 1.54) is 27.2 Å². The van der Waals surface area contributed by atoms with Crippen LogP contribution in [0.3, 0.4) is 0 Å². The summed E-state index contributed by atoms with van der Waals surface area (Å²) in [6.45, 7) is 4.27. The summed E-state index contributed by atoms with van der Waals surface area (Å²) in [6, 6.07) is 0. The van der Waals surface area contributed by atoms with E-state index in [9.17, 15) is 19.2 Å². The smallest absolute Gasteiger partial charge is 0.325 e. The highest BCUT2D eigenvalue weighted by Crippen LogP contribution is 1.97. The Hall–Kier alpha value is -2.68. The van der Waals surface area contributed by atoms with Gasteiger partial charge in [-0.05, 0) is 6.08 Å². The van der Waals surface area contributed by atoms with Crippen LogP contribution in [0.25, 0.3) is 0 Å². The minimum Gasteiger partial charge on any atom is -0.468 e. The summed E-state index contributed by atoms with van der Waals surface area (Å²) in [5.41, 5.74) is 0.178. The molecular weight excluding hydrogens is 318 g/mol. The van der Waals surface area contributed by atoms with Crippen molar-refractivity contribution in [3.8, 4) is 0 Å². The van der Waals surface area contributed by atoms with Crippen LogP contribution in [-0.2, 0) is 23.9 Å². The summed E-state index contributed by atoms with van der Waals surface area (Å²) in [4.78, 5) is 46.9. The number of nitrogens with one attached hydrogen (secondary N) is 2. The average molecular weight is 341 g/mol. The van der Waals surface area contributed by atoms with Gasteiger partial charge in [0.2, 0.25) is 17.7 Å². The summed E-state index contributed by atoms with van der Waals surface area (Å²) >= 11 is 0. The summed E-state index contributed by atoms with van der Waals surface area (Å²) in [5.74, 6) is -2.62. The minimum atomic E-state index is -0.596. The molecule has 24 heavy (non-hydrogen) atoms. The first kappa shape index (κ1) is 21.3. The van der Waals surface area contributed by atoms with E-state index in [2.05, 4.69) is 21.9 Å². The lowest BCUT2D eigenvalue weighted by molar-refractivity contribution is -0.141. The number of rotatable bonds is 9. The molecule has 0 bridgehead atoms. The molecule has 3 N–H and O–H groups in total. The fourth-order valence-corrected chi connectivity index (χ4v) is 1.30. The fraction of sp³-hybridized carbons (Fsp3) is 0.467. The topological polar surface area (TPSA) is 125 Å². The Morgan fingerprint density at radius 1 is 1.29 bits per heavy atom. The monoisotopic (exact) mass is 341 g/mol. The molecule has 9 nitrogen and oxygen atoms in total. The molecule has 0 saturated carbocycles. The lowest BCUT2D eigenvalue weighted by Crippen LogP contribution is -2.39. The van der Waals surface area contributed by atoms with Gasteiger partial charge < -0.3 is 25.4 Å². The van der Waals surface area contributed by atoms with E-state index >= 15 is 0 Å². The molecule has 0 aliphatic carbocycles. The Labute approximate surface area is 140 Å². The lowest BCUT2D eigenvalue weighted by atomic mass is 10.2. The van der Waals surface area contributed by atoms with E-state index in [-0.39, 0.29) is 25.4 Å². The first-order chi connectivity index (χ1) is 11.2. The van der Waals surface area contributed by atoms with Crippen molar-refractivity contribution < 1.29 is 29.0 Å². The van der Waals surface area contributed by atoms with Crippen LogP contribution in [0, 0.1) is 5.92 Å². The predicted octanol–water partition coefficient (Wildman–Crippen LogP) is -1.45. The largest absolute Gasteiger partial charge is 0.468 e. The summed E-state index contributed by atoms with van der Waals surface area (Å²) < 4.78 is 4.37. The number of esters is 1. The number of carbonyl (C=O) groups excluding carboxylic acids is 4. The third-order valence-corrected chi connectivity index (χ3v) is 2.85. The number of nitrogens with zero attached hydrogens (tertiary/aromatic N) is 1. The molecule has 0 aliphatic heterocycles. The number of aliphatic hydroxyl groups is 1. The van der Waals surface area contributed by atoms with Gasteiger partial charge in [0.1, 0.15) is 6.54 Å². The molecule has 0 fully saturated rings. The van der Waals surface area contributed by atoms with Crippen molar-refractivity contribution in [3.63, 3.8) is 0 Å². The molecule has 0 spiro atoms. The van der Waals surface area contributed by atoms with Crippen molar-refractivity contribution >= 4 is 23.7 Å². The van der Waals surface area contributed by atoms with E-state index in [0.717, 1.165) is 11.0 Å². The molecular formula is C15H23N3O6. The molecule has 0 aromatic heterocycles. The van der Waals surface area contributed by atoms with E-state index in [1.807, 2.05) is 0 Å². The first-order valence-electron chi connectivity index (χ1n) is 7.08. The molecule has 0 saturated heterocycles. The maximum absolute atomic E-state index is 11.8. The number of hydrogen-bond acceptors (Lipinski definition) is 6. The maximum Gasteiger partial charge on any atom is 0.325 e. The van der Waals surface area contributed by atoms with E-state index in [0.29, 0.717) is 0 Å². The fourth-order valence-electron chi connectivity index (χ4n) is 1.30. The first-order valence-corrected chi connectivity index (χ1v) is 7.08. The second-order valence-electron chi connectivity index (χ2n) is 4.98. The van der Waals surface area contributed by atoms with Crippen LogP contribution >= 0.6 is 0 Å². The molecule has 0 heterocycles. The van der Waals surface area contributed by atoms with Gasteiger partial charge in [0.15, 0.2) is 0 Å². The number of amides is 3. The molecule has 0 aromatic carbocycles. The molecule has 0 radical (unpaired) electrons. The van der Waals surface area contributed by atoms with E-state index < -0.39 is 29.6 Å². The number of methoxy groups -OCH3 is 1. The standard InChI is InChI=1S/C15H23N3O6/c1-10(9-19)15(23)17-11(2)5-6-13(21)18(3)8-12(20)16-7-14(22)24-4/h5-6,10,19H,2,7-9H2,1,3-4H3,(H,16,20)(H,17,23)/b6-5+. The zero-order chi connectivity index (χ0) is 18.7. The van der Waals surface area contributed by atoms with Gasteiger partial charge >= 0.3 is 5.97 Å². The molecule has 0 rings (SSSR count). The van der Waals surface area contributed by atoms with Gasteiger partial charge in [-0.1, -0.05) is 13.5 Å². The zero-order valence-electron chi connectivity index (χ0n) is 14.0.